The summed E-state index contributed by atoms with van der Waals surface area (Å²) in [6.07, 6.45) is 5.50. The van der Waals surface area contributed by atoms with Crippen LogP contribution in [0.5, 0.6) is 0 Å². The maximum absolute atomic E-state index is 12.3. The van der Waals surface area contributed by atoms with Crippen LogP contribution >= 0.6 is 0 Å². The zero-order valence-corrected chi connectivity index (χ0v) is 11.4. The summed E-state index contributed by atoms with van der Waals surface area (Å²) >= 11 is 0. The van der Waals surface area contributed by atoms with Gasteiger partial charge < -0.3 is 15.3 Å². The molecule has 0 aromatic heterocycles. The quantitative estimate of drug-likeness (QED) is 0.816. The molecule has 2 amide bonds. The molecular weight excluding hydrogens is 244 g/mol. The van der Waals surface area contributed by atoms with E-state index in [2.05, 4.69) is 5.32 Å². The van der Waals surface area contributed by atoms with Gasteiger partial charge in [0.1, 0.15) is 5.54 Å². The highest BCUT2D eigenvalue weighted by Gasteiger charge is 2.50. The van der Waals surface area contributed by atoms with Gasteiger partial charge in [0.05, 0.1) is 0 Å². The molecule has 3 rings (SSSR count). The number of nitrogens with one attached hydrogen (secondary N) is 1. The molecule has 0 spiro atoms. The molecule has 2 aliphatic carbocycles. The molecule has 3 fully saturated rings. The second-order valence-electron chi connectivity index (χ2n) is 6.57. The van der Waals surface area contributed by atoms with E-state index in [4.69, 9.17) is 0 Å². The van der Waals surface area contributed by atoms with E-state index >= 15 is 0 Å². The second kappa shape index (κ2) is 4.39. The third-order valence-corrected chi connectivity index (χ3v) is 5.22. The fourth-order valence-corrected chi connectivity index (χ4v) is 3.69. The van der Waals surface area contributed by atoms with Gasteiger partial charge in [0.25, 0.3) is 0 Å². The van der Waals surface area contributed by atoms with E-state index in [1.165, 1.54) is 19.3 Å². The molecule has 0 bridgehead atoms. The molecule has 3 unspecified atom stereocenters. The van der Waals surface area contributed by atoms with Crippen LogP contribution in [0.2, 0.25) is 0 Å². The Balaban J connectivity index is 1.63. The molecule has 0 radical (unpaired) electrons. The van der Waals surface area contributed by atoms with Gasteiger partial charge in [-0.3, -0.25) is 0 Å². The van der Waals surface area contributed by atoms with Crippen molar-refractivity contribution in [3.63, 3.8) is 0 Å². The standard InChI is InChI=1S/C14H22N2O3/c1-14(12(17)18,11-5-6-11)15-13(19)16-7-9-3-2-4-10(9)8-16/h9-11H,2-8H2,1H3,(H,15,19)(H,17,18). The molecule has 19 heavy (non-hydrogen) atoms. The lowest BCUT2D eigenvalue weighted by atomic mass is 9.96. The third kappa shape index (κ3) is 2.19. The van der Waals surface area contributed by atoms with Crippen molar-refractivity contribution in [3.05, 3.63) is 0 Å². The molecule has 5 nitrogen and oxygen atoms in total. The Kier molecular flexibility index (Phi) is 2.95. The number of carboxylic acids is 1. The van der Waals surface area contributed by atoms with Crippen molar-refractivity contribution in [2.45, 2.75) is 44.6 Å². The molecule has 3 aliphatic rings. The van der Waals surface area contributed by atoms with Crippen molar-refractivity contribution in [2.24, 2.45) is 17.8 Å². The lowest BCUT2D eigenvalue weighted by Gasteiger charge is -2.29. The van der Waals surface area contributed by atoms with E-state index in [1.807, 2.05) is 4.90 Å². The molecule has 5 heteroatoms. The predicted octanol–water partition coefficient (Wildman–Crippen LogP) is 1.68. The molecule has 106 valence electrons. The highest BCUT2D eigenvalue weighted by molar-refractivity contribution is 5.86. The van der Waals surface area contributed by atoms with E-state index in [-0.39, 0.29) is 11.9 Å². The fourth-order valence-electron chi connectivity index (χ4n) is 3.69. The van der Waals surface area contributed by atoms with Crippen molar-refractivity contribution >= 4 is 12.0 Å². The maximum Gasteiger partial charge on any atom is 0.329 e. The van der Waals surface area contributed by atoms with E-state index < -0.39 is 11.5 Å². The molecule has 1 saturated heterocycles. The average Bonchev–Trinajstić information content (AvgIpc) is 2.98. The SMILES string of the molecule is CC(NC(=O)N1CC2CCCC2C1)(C(=O)O)C1CC1. The van der Waals surface area contributed by atoms with Crippen LogP contribution in [0.4, 0.5) is 4.79 Å². The Bertz CT molecular complexity index is 395. The number of carbonyl (C=O) groups excluding carboxylic acids is 1. The molecule has 1 heterocycles. The Morgan fingerprint density at radius 3 is 2.21 bits per heavy atom. The summed E-state index contributed by atoms with van der Waals surface area (Å²) < 4.78 is 0. The van der Waals surface area contributed by atoms with Crippen LogP contribution in [-0.4, -0.2) is 40.6 Å². The Hall–Kier alpha value is -1.26. The predicted molar refractivity (Wildman–Crippen MR) is 69.7 cm³/mol. The van der Waals surface area contributed by atoms with Crippen molar-refractivity contribution in [1.82, 2.24) is 10.2 Å². The number of amides is 2. The minimum absolute atomic E-state index is 0.0936. The number of likely N-dealkylation sites (tertiary alicyclic amines) is 1. The van der Waals surface area contributed by atoms with Gasteiger partial charge >= 0.3 is 12.0 Å². The Morgan fingerprint density at radius 2 is 1.74 bits per heavy atom. The first kappa shape index (κ1) is 12.8. The van der Waals surface area contributed by atoms with Gasteiger partial charge in [0, 0.05) is 13.1 Å². The first-order valence-electron chi connectivity index (χ1n) is 7.31. The fraction of sp³-hybridized carbons (Fsp3) is 0.857. The van der Waals surface area contributed by atoms with Crippen molar-refractivity contribution < 1.29 is 14.7 Å². The molecule has 0 aromatic rings. The molecule has 1 aliphatic heterocycles. The zero-order chi connectivity index (χ0) is 13.6. The Labute approximate surface area is 113 Å². The van der Waals surface area contributed by atoms with Crippen LogP contribution in [0.1, 0.15) is 39.0 Å². The minimum atomic E-state index is -1.09. The second-order valence-corrected chi connectivity index (χ2v) is 6.57. The van der Waals surface area contributed by atoms with Crippen LogP contribution in [0, 0.1) is 17.8 Å². The summed E-state index contributed by atoms with van der Waals surface area (Å²) in [7, 11) is 0. The van der Waals surface area contributed by atoms with Crippen molar-refractivity contribution in [1.29, 1.82) is 0 Å². The number of rotatable bonds is 3. The van der Waals surface area contributed by atoms with Crippen LogP contribution in [0.3, 0.4) is 0 Å². The van der Waals surface area contributed by atoms with Gasteiger partial charge in [-0.1, -0.05) is 6.42 Å². The third-order valence-electron chi connectivity index (χ3n) is 5.22. The first-order valence-corrected chi connectivity index (χ1v) is 7.31. The van der Waals surface area contributed by atoms with Gasteiger partial charge in [0.15, 0.2) is 0 Å². The van der Waals surface area contributed by atoms with Gasteiger partial charge in [-0.05, 0) is 50.4 Å². The number of urea groups is 1. The van der Waals surface area contributed by atoms with E-state index in [0.29, 0.717) is 11.8 Å². The Morgan fingerprint density at radius 1 is 1.16 bits per heavy atom. The maximum atomic E-state index is 12.3. The first-order chi connectivity index (χ1) is 9.00. The van der Waals surface area contributed by atoms with Crippen LogP contribution in [-0.2, 0) is 4.79 Å². The highest BCUT2D eigenvalue weighted by atomic mass is 16.4. The van der Waals surface area contributed by atoms with Crippen molar-refractivity contribution in [2.75, 3.05) is 13.1 Å². The topological polar surface area (TPSA) is 69.6 Å². The summed E-state index contributed by atoms with van der Waals surface area (Å²) in [4.78, 5) is 25.5. The number of hydrogen-bond donors (Lipinski definition) is 2. The summed E-state index contributed by atoms with van der Waals surface area (Å²) in [5, 5.41) is 12.1. The highest BCUT2D eigenvalue weighted by Crippen LogP contribution is 2.41. The number of fused-ring (bicyclic) bond motifs is 1. The number of aliphatic carboxylic acids is 1. The summed E-state index contributed by atoms with van der Waals surface area (Å²) in [6, 6.07) is -0.189. The lowest BCUT2D eigenvalue weighted by molar-refractivity contribution is -0.144. The normalized spacial score (nSPS) is 32.8. The molecular formula is C14H22N2O3. The van der Waals surface area contributed by atoms with E-state index in [0.717, 1.165) is 25.9 Å². The van der Waals surface area contributed by atoms with Gasteiger partial charge in [-0.15, -0.1) is 0 Å². The van der Waals surface area contributed by atoms with Gasteiger partial charge in [0.2, 0.25) is 0 Å². The minimum Gasteiger partial charge on any atom is -0.480 e. The summed E-state index contributed by atoms with van der Waals surface area (Å²) in [5.41, 5.74) is -1.09. The van der Waals surface area contributed by atoms with Gasteiger partial charge in [-0.25, -0.2) is 9.59 Å². The molecule has 2 saturated carbocycles. The number of hydrogen-bond acceptors (Lipinski definition) is 2. The lowest BCUT2D eigenvalue weighted by Crippen LogP contribution is -2.57. The molecule has 0 aromatic carbocycles. The smallest absolute Gasteiger partial charge is 0.329 e. The number of nitrogens with zero attached hydrogens (tertiary/aromatic N) is 1. The number of carboxylic acid groups (broad SMARTS) is 1. The average molecular weight is 266 g/mol. The largest absolute Gasteiger partial charge is 0.480 e. The van der Waals surface area contributed by atoms with Gasteiger partial charge in [-0.2, -0.15) is 0 Å². The van der Waals surface area contributed by atoms with Crippen LogP contribution < -0.4 is 5.32 Å². The molecule has 3 atom stereocenters. The van der Waals surface area contributed by atoms with Crippen LogP contribution in [0.25, 0.3) is 0 Å². The zero-order valence-electron chi connectivity index (χ0n) is 11.4. The van der Waals surface area contributed by atoms with E-state index in [9.17, 15) is 14.7 Å². The molecule has 2 N–H and O–H groups in total. The van der Waals surface area contributed by atoms with Crippen molar-refractivity contribution in [3.8, 4) is 0 Å². The van der Waals surface area contributed by atoms with Crippen LogP contribution in [0.15, 0.2) is 0 Å². The monoisotopic (exact) mass is 266 g/mol. The summed E-state index contributed by atoms with van der Waals surface area (Å²) in [6.45, 7) is 3.25. The number of carbonyl (C=O) groups is 2. The van der Waals surface area contributed by atoms with E-state index in [1.54, 1.807) is 6.92 Å². The summed E-state index contributed by atoms with van der Waals surface area (Å²) in [5.74, 6) is 0.462.